The summed E-state index contributed by atoms with van der Waals surface area (Å²) in [6.07, 6.45) is 2.46. The number of halogens is 1. The highest BCUT2D eigenvalue weighted by atomic mass is 35.7. The molecule has 1 amide bonds. The highest BCUT2D eigenvalue weighted by Gasteiger charge is 2.22. The average molecular weight is 322 g/mol. The van der Waals surface area contributed by atoms with Crippen LogP contribution in [0.2, 0.25) is 0 Å². The number of amides is 1. The second kappa shape index (κ2) is 5.81. The summed E-state index contributed by atoms with van der Waals surface area (Å²) in [5.74, 6) is 0.603. The lowest BCUT2D eigenvalue weighted by Crippen LogP contribution is -2.39. The van der Waals surface area contributed by atoms with Gasteiger partial charge in [-0.15, -0.1) is 11.3 Å². The molecule has 0 aliphatic carbocycles. The van der Waals surface area contributed by atoms with Gasteiger partial charge in [0.2, 0.25) is 5.91 Å². The number of carbonyl (C=O) groups excluding carboxylic acids is 1. The zero-order chi connectivity index (χ0) is 14.0. The fourth-order valence-electron chi connectivity index (χ4n) is 2.26. The van der Waals surface area contributed by atoms with E-state index in [-0.39, 0.29) is 16.5 Å². The molecule has 0 bridgehead atoms. The van der Waals surface area contributed by atoms with Crippen LogP contribution in [0, 0.1) is 5.92 Å². The molecule has 1 aromatic heterocycles. The first-order chi connectivity index (χ1) is 8.86. The van der Waals surface area contributed by atoms with Crippen LogP contribution in [-0.2, 0) is 20.3 Å². The van der Waals surface area contributed by atoms with Crippen molar-refractivity contribution in [3.05, 3.63) is 17.0 Å². The molecule has 7 heteroatoms. The maximum atomic E-state index is 12.1. The van der Waals surface area contributed by atoms with Crippen molar-refractivity contribution in [2.24, 2.45) is 5.92 Å². The zero-order valence-electron chi connectivity index (χ0n) is 10.6. The molecule has 2 heterocycles. The van der Waals surface area contributed by atoms with Crippen LogP contribution in [0.5, 0.6) is 0 Å². The molecule has 1 aliphatic heterocycles. The van der Waals surface area contributed by atoms with Crippen LogP contribution < -0.4 is 0 Å². The molecule has 19 heavy (non-hydrogen) atoms. The van der Waals surface area contributed by atoms with Crippen LogP contribution >= 0.6 is 22.0 Å². The second-order valence-corrected chi connectivity index (χ2v) is 8.88. The summed E-state index contributed by atoms with van der Waals surface area (Å²) in [6, 6.07) is 3.11. The third kappa shape index (κ3) is 3.94. The fraction of sp³-hybridized carbons (Fsp3) is 0.583. The Morgan fingerprint density at radius 2 is 2.26 bits per heavy atom. The van der Waals surface area contributed by atoms with Crippen LogP contribution in [0.4, 0.5) is 0 Å². The van der Waals surface area contributed by atoms with Gasteiger partial charge in [-0.2, -0.15) is 0 Å². The second-order valence-electron chi connectivity index (χ2n) is 4.92. The average Bonchev–Trinajstić information content (AvgIpc) is 2.77. The summed E-state index contributed by atoms with van der Waals surface area (Å²) in [7, 11) is 1.58. The van der Waals surface area contributed by atoms with E-state index in [2.05, 4.69) is 6.92 Å². The van der Waals surface area contributed by atoms with Crippen molar-refractivity contribution in [1.82, 2.24) is 4.90 Å². The molecule has 0 N–H and O–H groups in total. The minimum absolute atomic E-state index is 0.0620. The van der Waals surface area contributed by atoms with Gasteiger partial charge in [-0.25, -0.2) is 8.42 Å². The van der Waals surface area contributed by atoms with Gasteiger partial charge in [0.15, 0.2) is 0 Å². The van der Waals surface area contributed by atoms with Gasteiger partial charge < -0.3 is 4.90 Å². The summed E-state index contributed by atoms with van der Waals surface area (Å²) in [5.41, 5.74) is 0. The Bertz CT molecular complexity index is 567. The Hall–Kier alpha value is -0.590. The molecule has 1 atom stereocenters. The van der Waals surface area contributed by atoms with Gasteiger partial charge in [0.25, 0.3) is 9.05 Å². The minimum atomic E-state index is -3.69. The SMILES string of the molecule is CC1CCCN(C(=O)Cc2ccc(S(=O)(=O)Cl)s2)C1. The Kier molecular flexibility index (Phi) is 4.53. The molecule has 1 saturated heterocycles. The summed E-state index contributed by atoms with van der Waals surface area (Å²) >= 11 is 1.07. The summed E-state index contributed by atoms with van der Waals surface area (Å²) in [4.78, 5) is 14.7. The summed E-state index contributed by atoms with van der Waals surface area (Å²) in [5, 5.41) is 0. The lowest BCUT2D eigenvalue weighted by Gasteiger charge is -2.30. The van der Waals surface area contributed by atoms with E-state index in [0.717, 1.165) is 42.1 Å². The van der Waals surface area contributed by atoms with E-state index in [1.54, 1.807) is 6.07 Å². The summed E-state index contributed by atoms with van der Waals surface area (Å²) in [6.45, 7) is 3.74. The number of hydrogen-bond donors (Lipinski definition) is 0. The van der Waals surface area contributed by atoms with Crippen molar-refractivity contribution in [2.45, 2.75) is 30.4 Å². The predicted molar refractivity (Wildman–Crippen MR) is 76.0 cm³/mol. The van der Waals surface area contributed by atoms with Gasteiger partial charge in [0.05, 0.1) is 6.42 Å². The molecular formula is C12H16ClNO3S2. The molecule has 1 aromatic rings. The third-order valence-corrected chi connectivity index (χ3v) is 6.39. The molecule has 1 aliphatic rings. The van der Waals surface area contributed by atoms with Crippen molar-refractivity contribution in [3.63, 3.8) is 0 Å². The van der Waals surface area contributed by atoms with Crippen LogP contribution in [0.25, 0.3) is 0 Å². The number of hydrogen-bond acceptors (Lipinski definition) is 4. The molecular weight excluding hydrogens is 306 g/mol. The van der Waals surface area contributed by atoms with Crippen LogP contribution in [0.3, 0.4) is 0 Å². The molecule has 0 spiro atoms. The molecule has 4 nitrogen and oxygen atoms in total. The predicted octanol–water partition coefficient (Wildman–Crippen LogP) is 2.48. The first kappa shape index (κ1) is 14.8. The number of rotatable bonds is 3. The highest BCUT2D eigenvalue weighted by molar-refractivity contribution is 8.15. The molecule has 1 unspecified atom stereocenters. The van der Waals surface area contributed by atoms with Crippen molar-refractivity contribution < 1.29 is 13.2 Å². The van der Waals surface area contributed by atoms with Crippen molar-refractivity contribution in [2.75, 3.05) is 13.1 Å². The van der Waals surface area contributed by atoms with Gasteiger partial charge in [-0.3, -0.25) is 4.79 Å². The Morgan fingerprint density at radius 1 is 1.53 bits per heavy atom. The largest absolute Gasteiger partial charge is 0.342 e. The van der Waals surface area contributed by atoms with Gasteiger partial charge in [0, 0.05) is 28.6 Å². The van der Waals surface area contributed by atoms with Gasteiger partial charge in [-0.1, -0.05) is 6.92 Å². The molecule has 2 rings (SSSR count). The van der Waals surface area contributed by atoms with Crippen molar-refractivity contribution >= 4 is 37.0 Å². The van der Waals surface area contributed by atoms with E-state index >= 15 is 0 Å². The molecule has 0 radical (unpaired) electrons. The first-order valence-corrected chi connectivity index (χ1v) is 9.30. The number of thiophene rings is 1. The number of nitrogens with zero attached hydrogens (tertiary/aromatic N) is 1. The van der Waals surface area contributed by atoms with E-state index < -0.39 is 9.05 Å². The van der Waals surface area contributed by atoms with E-state index in [9.17, 15) is 13.2 Å². The number of carbonyl (C=O) groups is 1. The summed E-state index contributed by atoms with van der Waals surface area (Å²) < 4.78 is 22.4. The van der Waals surface area contributed by atoms with E-state index in [1.807, 2.05) is 4.90 Å². The van der Waals surface area contributed by atoms with Gasteiger partial charge in [-0.05, 0) is 30.9 Å². The molecule has 1 fully saturated rings. The topological polar surface area (TPSA) is 54.5 Å². The van der Waals surface area contributed by atoms with Crippen LogP contribution in [0.15, 0.2) is 16.3 Å². The lowest BCUT2D eigenvalue weighted by atomic mass is 10.00. The fourth-order valence-corrected chi connectivity index (χ4v) is 4.37. The van der Waals surface area contributed by atoms with Crippen LogP contribution in [-0.4, -0.2) is 32.3 Å². The Morgan fingerprint density at radius 3 is 2.84 bits per heavy atom. The minimum Gasteiger partial charge on any atom is -0.342 e. The Labute approximate surface area is 121 Å². The lowest BCUT2D eigenvalue weighted by molar-refractivity contribution is -0.132. The van der Waals surface area contributed by atoms with E-state index in [0.29, 0.717) is 5.92 Å². The Balaban J connectivity index is 2.01. The van der Waals surface area contributed by atoms with Crippen molar-refractivity contribution in [3.8, 4) is 0 Å². The molecule has 0 aromatic carbocycles. The molecule has 0 saturated carbocycles. The highest BCUT2D eigenvalue weighted by Crippen LogP contribution is 2.26. The standard InChI is InChI=1S/C12H16ClNO3S2/c1-9-3-2-6-14(8-9)11(15)7-10-4-5-12(18-10)19(13,16)17/h4-5,9H,2-3,6-8H2,1H3. The quantitative estimate of drug-likeness (QED) is 0.804. The first-order valence-electron chi connectivity index (χ1n) is 6.17. The number of likely N-dealkylation sites (tertiary alicyclic amines) is 1. The van der Waals surface area contributed by atoms with Gasteiger partial charge >= 0.3 is 0 Å². The maximum absolute atomic E-state index is 12.1. The van der Waals surface area contributed by atoms with E-state index in [4.69, 9.17) is 10.7 Å². The smallest absolute Gasteiger partial charge is 0.270 e. The normalized spacial score (nSPS) is 20.5. The van der Waals surface area contributed by atoms with E-state index in [1.165, 1.54) is 6.07 Å². The maximum Gasteiger partial charge on any atom is 0.270 e. The third-order valence-electron chi connectivity index (χ3n) is 3.21. The van der Waals surface area contributed by atoms with Crippen molar-refractivity contribution in [1.29, 1.82) is 0 Å². The molecule has 106 valence electrons. The zero-order valence-corrected chi connectivity index (χ0v) is 13.0. The number of piperidine rings is 1. The van der Waals surface area contributed by atoms with Crippen LogP contribution in [0.1, 0.15) is 24.6 Å². The van der Waals surface area contributed by atoms with Gasteiger partial charge in [0.1, 0.15) is 4.21 Å². The monoisotopic (exact) mass is 321 g/mol.